The molecule has 1 aromatic rings. The molecule has 0 N–H and O–H groups in total. The van der Waals surface area contributed by atoms with Gasteiger partial charge in [-0.2, -0.15) is 0 Å². The molecular weight excluding hydrogens is 302 g/mol. The predicted molar refractivity (Wildman–Crippen MR) is 81.8 cm³/mol. The van der Waals surface area contributed by atoms with Gasteiger partial charge in [0.25, 0.3) is 0 Å². The Morgan fingerprint density at radius 1 is 1.21 bits per heavy atom. The van der Waals surface area contributed by atoms with Gasteiger partial charge in [0.15, 0.2) is 5.78 Å². The zero-order valence-corrected chi connectivity index (χ0v) is 12.9. The molecule has 2 aliphatic carbocycles. The summed E-state index contributed by atoms with van der Waals surface area (Å²) >= 11 is 3.47. The Bertz CT molecular complexity index is 478. The van der Waals surface area contributed by atoms with Gasteiger partial charge in [0, 0.05) is 28.8 Å². The van der Waals surface area contributed by atoms with E-state index in [0.717, 1.165) is 40.6 Å². The van der Waals surface area contributed by atoms with E-state index in [1.165, 1.54) is 25.7 Å². The molecule has 102 valence electrons. The lowest BCUT2D eigenvalue weighted by Gasteiger charge is -2.27. The highest BCUT2D eigenvalue weighted by Gasteiger charge is 2.30. The van der Waals surface area contributed by atoms with Crippen molar-refractivity contribution in [3.05, 3.63) is 28.2 Å². The summed E-state index contributed by atoms with van der Waals surface area (Å²) in [6.45, 7) is 3.91. The second kappa shape index (κ2) is 5.28. The Morgan fingerprint density at radius 2 is 1.79 bits per heavy atom. The van der Waals surface area contributed by atoms with Crippen LogP contribution in [0.2, 0.25) is 0 Å². The number of carbonyl (C=O) groups is 1. The number of halogens is 1. The first-order valence-electron chi connectivity index (χ1n) is 7.19. The topological polar surface area (TPSA) is 20.3 Å². The highest BCUT2D eigenvalue weighted by Crippen LogP contribution is 2.37. The first kappa shape index (κ1) is 13.2. The predicted octanol–water partition coefficient (Wildman–Crippen LogP) is 4.28. The van der Waals surface area contributed by atoms with E-state index >= 15 is 0 Å². The van der Waals surface area contributed by atoms with E-state index in [1.54, 1.807) is 6.92 Å². The fourth-order valence-corrected chi connectivity index (χ4v) is 2.92. The molecule has 0 saturated heterocycles. The summed E-state index contributed by atoms with van der Waals surface area (Å²) in [5.41, 5.74) is 1.99. The number of carbonyl (C=O) groups excluding carboxylic acids is 1. The zero-order chi connectivity index (χ0) is 13.4. The minimum absolute atomic E-state index is 0.160. The number of benzene rings is 1. The molecule has 0 bridgehead atoms. The van der Waals surface area contributed by atoms with Crippen molar-refractivity contribution in [2.45, 2.75) is 32.6 Å². The quantitative estimate of drug-likeness (QED) is 0.729. The summed E-state index contributed by atoms with van der Waals surface area (Å²) in [5, 5.41) is 0. The van der Waals surface area contributed by atoms with E-state index in [9.17, 15) is 4.79 Å². The number of hydrogen-bond acceptors (Lipinski definition) is 2. The van der Waals surface area contributed by atoms with Gasteiger partial charge >= 0.3 is 0 Å². The molecule has 0 aromatic heterocycles. The monoisotopic (exact) mass is 321 g/mol. The van der Waals surface area contributed by atoms with Gasteiger partial charge < -0.3 is 4.90 Å². The zero-order valence-electron chi connectivity index (χ0n) is 11.4. The second-order valence-corrected chi connectivity index (χ2v) is 6.93. The van der Waals surface area contributed by atoms with Crippen LogP contribution in [0.5, 0.6) is 0 Å². The van der Waals surface area contributed by atoms with Crippen LogP contribution in [-0.2, 0) is 0 Å². The van der Waals surface area contributed by atoms with E-state index < -0.39 is 0 Å². The summed E-state index contributed by atoms with van der Waals surface area (Å²) in [5.74, 6) is 1.86. The van der Waals surface area contributed by atoms with Crippen LogP contribution in [0.3, 0.4) is 0 Å². The van der Waals surface area contributed by atoms with E-state index in [4.69, 9.17) is 0 Å². The number of hydrogen-bond donors (Lipinski definition) is 0. The molecule has 3 rings (SSSR count). The van der Waals surface area contributed by atoms with Crippen molar-refractivity contribution in [2.24, 2.45) is 11.8 Å². The molecule has 2 fully saturated rings. The van der Waals surface area contributed by atoms with Crippen LogP contribution in [0.15, 0.2) is 22.7 Å². The molecule has 0 aliphatic heterocycles. The molecule has 2 saturated carbocycles. The van der Waals surface area contributed by atoms with Crippen molar-refractivity contribution in [2.75, 3.05) is 18.0 Å². The van der Waals surface area contributed by atoms with Gasteiger partial charge in [-0.15, -0.1) is 0 Å². The van der Waals surface area contributed by atoms with Crippen LogP contribution in [0, 0.1) is 11.8 Å². The van der Waals surface area contributed by atoms with Gasteiger partial charge in [0.2, 0.25) is 0 Å². The number of Topliss-reactive ketones (excluding diaryl/α,β-unsaturated/α-hetero) is 1. The molecular formula is C16H20BrNO. The number of ketones is 1. The maximum atomic E-state index is 11.9. The minimum atomic E-state index is 0.160. The lowest BCUT2D eigenvalue weighted by molar-refractivity contribution is 0.101. The SMILES string of the molecule is CC(=O)c1cc(Br)ccc1N(CC1CC1)CC1CC1. The second-order valence-electron chi connectivity index (χ2n) is 6.01. The van der Waals surface area contributed by atoms with Crippen LogP contribution in [-0.4, -0.2) is 18.9 Å². The van der Waals surface area contributed by atoms with Gasteiger partial charge in [0.05, 0.1) is 0 Å². The van der Waals surface area contributed by atoms with Crippen LogP contribution < -0.4 is 4.90 Å². The molecule has 0 spiro atoms. The first-order chi connectivity index (χ1) is 9.13. The van der Waals surface area contributed by atoms with E-state index in [0.29, 0.717) is 0 Å². The molecule has 0 amide bonds. The van der Waals surface area contributed by atoms with E-state index in [-0.39, 0.29) is 5.78 Å². The Kier molecular flexibility index (Phi) is 3.66. The molecule has 0 unspecified atom stereocenters. The molecule has 2 aliphatic rings. The molecule has 1 aromatic carbocycles. The summed E-state index contributed by atoms with van der Waals surface area (Å²) in [7, 11) is 0. The maximum Gasteiger partial charge on any atom is 0.161 e. The van der Waals surface area contributed by atoms with Crippen molar-refractivity contribution in [3.8, 4) is 0 Å². The lowest BCUT2D eigenvalue weighted by Crippen LogP contribution is -2.29. The van der Waals surface area contributed by atoms with Crippen molar-refractivity contribution >= 4 is 27.4 Å². The third-order valence-electron chi connectivity index (χ3n) is 4.03. The fraction of sp³-hybridized carbons (Fsp3) is 0.562. The third kappa shape index (κ3) is 3.38. The number of anilines is 1. The largest absolute Gasteiger partial charge is 0.370 e. The van der Waals surface area contributed by atoms with Crippen LogP contribution in [0.1, 0.15) is 43.0 Å². The summed E-state index contributed by atoms with van der Waals surface area (Å²) in [6, 6.07) is 6.12. The van der Waals surface area contributed by atoms with Gasteiger partial charge in [0.1, 0.15) is 0 Å². The van der Waals surface area contributed by atoms with Crippen molar-refractivity contribution < 1.29 is 4.79 Å². The fourth-order valence-electron chi connectivity index (χ4n) is 2.56. The minimum Gasteiger partial charge on any atom is -0.370 e. The summed E-state index contributed by atoms with van der Waals surface area (Å²) < 4.78 is 0.985. The van der Waals surface area contributed by atoms with Crippen molar-refractivity contribution in [3.63, 3.8) is 0 Å². The highest BCUT2D eigenvalue weighted by atomic mass is 79.9. The Balaban J connectivity index is 1.88. The van der Waals surface area contributed by atoms with Gasteiger partial charge in [-0.25, -0.2) is 0 Å². The smallest absolute Gasteiger partial charge is 0.161 e. The van der Waals surface area contributed by atoms with E-state index in [2.05, 4.69) is 33.0 Å². The van der Waals surface area contributed by atoms with Gasteiger partial charge in [-0.3, -0.25) is 4.79 Å². The molecule has 3 heteroatoms. The lowest BCUT2D eigenvalue weighted by atomic mass is 10.1. The van der Waals surface area contributed by atoms with Gasteiger partial charge in [-0.1, -0.05) is 15.9 Å². The Hall–Kier alpha value is -0.830. The van der Waals surface area contributed by atoms with Gasteiger partial charge in [-0.05, 0) is 62.6 Å². The van der Waals surface area contributed by atoms with Crippen molar-refractivity contribution in [1.82, 2.24) is 0 Å². The normalized spacial score (nSPS) is 18.4. The standard InChI is InChI=1S/C16H20BrNO/c1-11(19)15-8-14(17)6-7-16(15)18(9-12-2-3-12)10-13-4-5-13/h6-8,12-13H,2-5,9-10H2,1H3. The highest BCUT2D eigenvalue weighted by molar-refractivity contribution is 9.10. The Labute approximate surface area is 123 Å². The molecule has 0 radical (unpaired) electrons. The summed E-state index contributed by atoms with van der Waals surface area (Å²) in [6.07, 6.45) is 5.42. The third-order valence-corrected chi connectivity index (χ3v) is 4.52. The van der Waals surface area contributed by atoms with Crippen LogP contribution in [0.4, 0.5) is 5.69 Å². The van der Waals surface area contributed by atoms with Crippen molar-refractivity contribution in [1.29, 1.82) is 0 Å². The first-order valence-corrected chi connectivity index (χ1v) is 7.98. The molecule has 0 heterocycles. The van der Waals surface area contributed by atoms with Crippen LogP contribution in [0.25, 0.3) is 0 Å². The van der Waals surface area contributed by atoms with Crippen LogP contribution >= 0.6 is 15.9 Å². The molecule has 2 nitrogen and oxygen atoms in total. The summed E-state index contributed by atoms with van der Waals surface area (Å²) in [4.78, 5) is 14.3. The molecule has 19 heavy (non-hydrogen) atoms. The Morgan fingerprint density at radius 3 is 2.26 bits per heavy atom. The maximum absolute atomic E-state index is 11.9. The average Bonchev–Trinajstić information content (AvgIpc) is 3.23. The van der Waals surface area contributed by atoms with E-state index in [1.807, 2.05) is 6.07 Å². The number of nitrogens with zero attached hydrogens (tertiary/aromatic N) is 1. The average molecular weight is 322 g/mol. The molecule has 0 atom stereocenters. The number of rotatable bonds is 6.